The van der Waals surface area contributed by atoms with Gasteiger partial charge in [0.1, 0.15) is 0 Å². The SMILES string of the molecule is COc1ccc(CNCC2CCCC2O)cc1[N+](=O)[O-]. The summed E-state index contributed by atoms with van der Waals surface area (Å²) in [5.74, 6) is 0.563. The Kier molecular flexibility index (Phi) is 4.92. The van der Waals surface area contributed by atoms with E-state index in [4.69, 9.17) is 4.74 Å². The summed E-state index contributed by atoms with van der Waals surface area (Å²) in [7, 11) is 1.42. The van der Waals surface area contributed by atoms with Crippen LogP contribution in [0.4, 0.5) is 5.69 Å². The van der Waals surface area contributed by atoms with Gasteiger partial charge in [-0.15, -0.1) is 0 Å². The molecule has 1 aliphatic carbocycles. The van der Waals surface area contributed by atoms with Crippen LogP contribution in [0.2, 0.25) is 0 Å². The Hall–Kier alpha value is -1.66. The molecule has 110 valence electrons. The summed E-state index contributed by atoms with van der Waals surface area (Å²) >= 11 is 0. The molecule has 2 N–H and O–H groups in total. The molecule has 1 aliphatic rings. The third-order valence-electron chi connectivity index (χ3n) is 3.79. The fourth-order valence-corrected chi connectivity index (χ4v) is 2.65. The fraction of sp³-hybridized carbons (Fsp3) is 0.571. The number of aliphatic hydroxyl groups is 1. The van der Waals surface area contributed by atoms with Crippen LogP contribution in [0, 0.1) is 16.0 Å². The minimum absolute atomic E-state index is 0.0206. The number of methoxy groups -OCH3 is 1. The van der Waals surface area contributed by atoms with Gasteiger partial charge in [-0.2, -0.15) is 0 Å². The summed E-state index contributed by atoms with van der Waals surface area (Å²) in [5, 5.41) is 23.9. The van der Waals surface area contributed by atoms with Crippen molar-refractivity contribution in [2.45, 2.75) is 31.9 Å². The Balaban J connectivity index is 1.92. The molecule has 2 atom stereocenters. The van der Waals surface area contributed by atoms with Gasteiger partial charge in [0, 0.05) is 19.2 Å². The van der Waals surface area contributed by atoms with E-state index < -0.39 is 4.92 Å². The van der Waals surface area contributed by atoms with Crippen LogP contribution in [0.5, 0.6) is 5.75 Å². The predicted molar refractivity (Wildman–Crippen MR) is 74.7 cm³/mol. The molecule has 0 amide bonds. The second-order valence-corrected chi connectivity index (χ2v) is 5.15. The van der Waals surface area contributed by atoms with Crippen molar-refractivity contribution in [1.29, 1.82) is 0 Å². The lowest BCUT2D eigenvalue weighted by Crippen LogP contribution is -2.27. The van der Waals surface area contributed by atoms with Gasteiger partial charge in [-0.1, -0.05) is 12.5 Å². The van der Waals surface area contributed by atoms with Crippen LogP contribution in [0.15, 0.2) is 18.2 Å². The molecule has 0 spiro atoms. The maximum atomic E-state index is 10.9. The highest BCUT2D eigenvalue weighted by atomic mass is 16.6. The lowest BCUT2D eigenvalue weighted by atomic mass is 10.1. The average Bonchev–Trinajstić information content (AvgIpc) is 2.84. The van der Waals surface area contributed by atoms with E-state index in [0.29, 0.717) is 12.5 Å². The maximum Gasteiger partial charge on any atom is 0.311 e. The quantitative estimate of drug-likeness (QED) is 0.613. The molecule has 0 heterocycles. The van der Waals surface area contributed by atoms with Gasteiger partial charge in [0.2, 0.25) is 0 Å². The largest absolute Gasteiger partial charge is 0.490 e. The van der Waals surface area contributed by atoms with Gasteiger partial charge < -0.3 is 15.2 Å². The molecular weight excluding hydrogens is 260 g/mol. The first-order valence-electron chi connectivity index (χ1n) is 6.82. The fourth-order valence-electron chi connectivity index (χ4n) is 2.65. The minimum atomic E-state index is -0.441. The smallest absolute Gasteiger partial charge is 0.311 e. The molecule has 1 aromatic rings. The molecule has 6 heteroatoms. The zero-order valence-corrected chi connectivity index (χ0v) is 11.5. The number of hydrogen-bond donors (Lipinski definition) is 2. The van der Waals surface area contributed by atoms with Crippen molar-refractivity contribution in [2.24, 2.45) is 5.92 Å². The molecule has 0 radical (unpaired) electrons. The number of hydrogen-bond acceptors (Lipinski definition) is 5. The highest BCUT2D eigenvalue weighted by molar-refractivity contribution is 5.48. The van der Waals surface area contributed by atoms with Gasteiger partial charge in [-0.25, -0.2) is 0 Å². The average molecular weight is 280 g/mol. The summed E-state index contributed by atoms with van der Waals surface area (Å²) in [4.78, 5) is 10.5. The van der Waals surface area contributed by atoms with Gasteiger partial charge in [-0.3, -0.25) is 10.1 Å². The molecular formula is C14H20N2O4. The molecule has 0 aromatic heterocycles. The maximum absolute atomic E-state index is 10.9. The van der Waals surface area contributed by atoms with Crippen molar-refractivity contribution in [1.82, 2.24) is 5.32 Å². The lowest BCUT2D eigenvalue weighted by molar-refractivity contribution is -0.385. The summed E-state index contributed by atoms with van der Waals surface area (Å²) in [6.45, 7) is 1.29. The first kappa shape index (κ1) is 14.7. The van der Waals surface area contributed by atoms with Crippen molar-refractivity contribution >= 4 is 5.69 Å². The number of aliphatic hydroxyl groups excluding tert-OH is 1. The Morgan fingerprint density at radius 2 is 2.30 bits per heavy atom. The molecule has 0 bridgehead atoms. The Bertz CT molecular complexity index is 478. The van der Waals surface area contributed by atoms with Crippen LogP contribution in [-0.2, 0) is 6.54 Å². The van der Waals surface area contributed by atoms with E-state index in [1.807, 2.05) is 6.07 Å². The van der Waals surface area contributed by atoms with Crippen molar-refractivity contribution < 1.29 is 14.8 Å². The Labute approximate surface area is 117 Å². The van der Waals surface area contributed by atoms with Gasteiger partial charge in [0.25, 0.3) is 0 Å². The first-order chi connectivity index (χ1) is 9.61. The highest BCUT2D eigenvalue weighted by Gasteiger charge is 2.24. The standard InChI is InChI=1S/C14H20N2O4/c1-20-14-6-5-10(7-12(14)16(18)19)8-15-9-11-3-2-4-13(11)17/h5-7,11,13,15,17H,2-4,8-9H2,1H3. The topological polar surface area (TPSA) is 84.6 Å². The number of benzene rings is 1. The third kappa shape index (κ3) is 3.46. The van der Waals surface area contributed by atoms with E-state index >= 15 is 0 Å². The van der Waals surface area contributed by atoms with Crippen LogP contribution < -0.4 is 10.1 Å². The normalized spacial score (nSPS) is 21.9. The van der Waals surface area contributed by atoms with Crippen LogP contribution in [0.25, 0.3) is 0 Å². The number of nitrogens with one attached hydrogen (secondary N) is 1. The van der Waals surface area contributed by atoms with E-state index in [2.05, 4.69) is 5.32 Å². The zero-order chi connectivity index (χ0) is 14.5. The monoisotopic (exact) mass is 280 g/mol. The van der Waals surface area contributed by atoms with E-state index in [1.165, 1.54) is 13.2 Å². The summed E-state index contributed by atoms with van der Waals surface area (Å²) in [5.41, 5.74) is 0.817. The first-order valence-corrected chi connectivity index (χ1v) is 6.82. The van der Waals surface area contributed by atoms with Crippen molar-refractivity contribution in [3.05, 3.63) is 33.9 Å². The van der Waals surface area contributed by atoms with E-state index in [9.17, 15) is 15.2 Å². The van der Waals surface area contributed by atoms with E-state index in [0.717, 1.165) is 31.4 Å². The third-order valence-corrected chi connectivity index (χ3v) is 3.79. The second kappa shape index (κ2) is 6.67. The zero-order valence-electron chi connectivity index (χ0n) is 11.5. The number of rotatable bonds is 6. The second-order valence-electron chi connectivity index (χ2n) is 5.15. The lowest BCUT2D eigenvalue weighted by Gasteiger charge is -2.15. The van der Waals surface area contributed by atoms with Crippen molar-refractivity contribution in [2.75, 3.05) is 13.7 Å². The van der Waals surface area contributed by atoms with Crippen LogP contribution in [0.3, 0.4) is 0 Å². The molecule has 0 aliphatic heterocycles. The number of nitro groups is 1. The van der Waals surface area contributed by atoms with Crippen LogP contribution in [-0.4, -0.2) is 29.8 Å². The van der Waals surface area contributed by atoms with Gasteiger partial charge >= 0.3 is 5.69 Å². The van der Waals surface area contributed by atoms with E-state index in [-0.39, 0.29) is 17.5 Å². The molecule has 2 rings (SSSR count). The van der Waals surface area contributed by atoms with Crippen LogP contribution >= 0.6 is 0 Å². The molecule has 1 fully saturated rings. The summed E-state index contributed by atoms with van der Waals surface area (Å²) in [6.07, 6.45) is 2.77. The highest BCUT2D eigenvalue weighted by Crippen LogP contribution is 2.28. The number of ether oxygens (including phenoxy) is 1. The summed E-state index contributed by atoms with van der Waals surface area (Å²) in [6, 6.07) is 4.94. The molecule has 2 unspecified atom stereocenters. The Morgan fingerprint density at radius 1 is 1.50 bits per heavy atom. The predicted octanol–water partition coefficient (Wildman–Crippen LogP) is 1.85. The summed E-state index contributed by atoms with van der Waals surface area (Å²) < 4.78 is 4.97. The molecule has 6 nitrogen and oxygen atoms in total. The van der Waals surface area contributed by atoms with Gasteiger partial charge in [0.05, 0.1) is 18.1 Å². The molecule has 0 saturated heterocycles. The number of nitro benzene ring substituents is 1. The molecule has 1 saturated carbocycles. The number of nitrogens with zero attached hydrogens (tertiary/aromatic N) is 1. The van der Waals surface area contributed by atoms with Gasteiger partial charge in [0.15, 0.2) is 5.75 Å². The van der Waals surface area contributed by atoms with Crippen molar-refractivity contribution in [3.63, 3.8) is 0 Å². The molecule has 1 aromatic carbocycles. The van der Waals surface area contributed by atoms with Crippen molar-refractivity contribution in [3.8, 4) is 5.75 Å². The molecule has 20 heavy (non-hydrogen) atoms. The van der Waals surface area contributed by atoms with E-state index in [1.54, 1.807) is 6.07 Å². The van der Waals surface area contributed by atoms with Crippen LogP contribution in [0.1, 0.15) is 24.8 Å². The minimum Gasteiger partial charge on any atom is -0.490 e. The Morgan fingerprint density at radius 3 is 2.90 bits per heavy atom. The van der Waals surface area contributed by atoms with Gasteiger partial charge in [-0.05, 0) is 30.4 Å².